The molecule has 17 heavy (non-hydrogen) atoms. The fourth-order valence-corrected chi connectivity index (χ4v) is 1.76. The molecule has 0 fully saturated rings. The molecule has 0 amide bonds. The van der Waals surface area contributed by atoms with E-state index in [9.17, 15) is 4.79 Å². The van der Waals surface area contributed by atoms with Crippen LogP contribution in [0.25, 0.3) is 11.1 Å². The Balaban J connectivity index is 2.56. The molecule has 0 saturated carbocycles. The van der Waals surface area contributed by atoms with Gasteiger partial charge in [0.1, 0.15) is 5.69 Å². The Morgan fingerprint density at radius 2 is 1.94 bits per heavy atom. The molecule has 3 nitrogen and oxygen atoms in total. The molecule has 86 valence electrons. The van der Waals surface area contributed by atoms with Gasteiger partial charge in [-0.3, -0.25) is 0 Å². The van der Waals surface area contributed by atoms with Crippen LogP contribution >= 0.6 is 0 Å². The zero-order valence-corrected chi connectivity index (χ0v) is 9.77. The summed E-state index contributed by atoms with van der Waals surface area (Å²) < 4.78 is 0. The number of aryl methyl sites for hydroxylation is 2. The van der Waals surface area contributed by atoms with Crippen molar-refractivity contribution in [3.05, 3.63) is 53.3 Å². The lowest BCUT2D eigenvalue weighted by Gasteiger charge is -2.07. The minimum absolute atomic E-state index is 0.0726. The van der Waals surface area contributed by atoms with Crippen LogP contribution in [0.1, 0.15) is 21.6 Å². The summed E-state index contributed by atoms with van der Waals surface area (Å²) in [5, 5.41) is 8.92. The summed E-state index contributed by atoms with van der Waals surface area (Å²) in [4.78, 5) is 14.7. The highest BCUT2D eigenvalue weighted by Gasteiger charge is 2.08. The van der Waals surface area contributed by atoms with Crippen molar-refractivity contribution in [2.45, 2.75) is 13.8 Å². The number of carboxylic acids is 1. The molecule has 3 heteroatoms. The van der Waals surface area contributed by atoms with Crippen molar-refractivity contribution in [2.24, 2.45) is 0 Å². The van der Waals surface area contributed by atoms with Gasteiger partial charge in [0.25, 0.3) is 0 Å². The Hall–Kier alpha value is -2.16. The first-order chi connectivity index (χ1) is 8.08. The lowest BCUT2D eigenvalue weighted by Crippen LogP contribution is -1.99. The fourth-order valence-electron chi connectivity index (χ4n) is 1.76. The summed E-state index contributed by atoms with van der Waals surface area (Å²) in [5.74, 6) is -1.00. The molecule has 0 bridgehead atoms. The molecule has 2 rings (SSSR count). The fraction of sp³-hybridized carbons (Fsp3) is 0.143. The van der Waals surface area contributed by atoms with E-state index in [0.29, 0.717) is 0 Å². The van der Waals surface area contributed by atoms with Crippen LogP contribution in [0.3, 0.4) is 0 Å². The van der Waals surface area contributed by atoms with Crippen LogP contribution < -0.4 is 0 Å². The first kappa shape index (κ1) is 11.3. The van der Waals surface area contributed by atoms with Crippen LogP contribution in [-0.4, -0.2) is 16.1 Å². The number of benzene rings is 1. The van der Waals surface area contributed by atoms with Gasteiger partial charge in [-0.1, -0.05) is 23.8 Å². The van der Waals surface area contributed by atoms with Gasteiger partial charge >= 0.3 is 5.97 Å². The monoisotopic (exact) mass is 227 g/mol. The molecule has 1 N–H and O–H groups in total. The number of aromatic nitrogens is 1. The molecule has 0 spiro atoms. The summed E-state index contributed by atoms with van der Waals surface area (Å²) in [6.45, 7) is 4.03. The SMILES string of the molecule is Cc1ccc(C)c(-c2ccnc(C(=O)O)c2)c1. The highest BCUT2D eigenvalue weighted by molar-refractivity contribution is 5.87. The van der Waals surface area contributed by atoms with Gasteiger partial charge in [-0.05, 0) is 42.7 Å². The molecular formula is C14H13NO2. The molecule has 1 aromatic heterocycles. The normalized spacial score (nSPS) is 10.2. The van der Waals surface area contributed by atoms with Gasteiger partial charge in [0.15, 0.2) is 0 Å². The van der Waals surface area contributed by atoms with Crippen LogP contribution in [0.2, 0.25) is 0 Å². The smallest absolute Gasteiger partial charge is 0.354 e. The Kier molecular flexibility index (Phi) is 2.91. The van der Waals surface area contributed by atoms with Crippen LogP contribution in [0.5, 0.6) is 0 Å². The van der Waals surface area contributed by atoms with Crippen LogP contribution in [-0.2, 0) is 0 Å². The number of pyridine rings is 1. The first-order valence-corrected chi connectivity index (χ1v) is 5.35. The van der Waals surface area contributed by atoms with E-state index in [2.05, 4.69) is 11.1 Å². The second-order valence-corrected chi connectivity index (χ2v) is 4.05. The third kappa shape index (κ3) is 2.33. The lowest BCUT2D eigenvalue weighted by molar-refractivity contribution is 0.0690. The second-order valence-electron chi connectivity index (χ2n) is 4.05. The van der Waals surface area contributed by atoms with Crippen LogP contribution in [0.4, 0.5) is 0 Å². The maximum Gasteiger partial charge on any atom is 0.354 e. The van der Waals surface area contributed by atoms with E-state index in [1.54, 1.807) is 6.07 Å². The molecule has 0 aliphatic carbocycles. The van der Waals surface area contributed by atoms with E-state index in [0.717, 1.165) is 22.3 Å². The van der Waals surface area contributed by atoms with Gasteiger partial charge in [-0.2, -0.15) is 0 Å². The molecule has 2 aromatic rings. The van der Waals surface area contributed by atoms with Crippen molar-refractivity contribution in [3.8, 4) is 11.1 Å². The molecule has 1 aromatic carbocycles. The molecule has 1 heterocycles. The molecule has 0 saturated heterocycles. The average Bonchev–Trinajstić information content (AvgIpc) is 2.32. The quantitative estimate of drug-likeness (QED) is 0.857. The molecule has 0 aliphatic rings. The zero-order chi connectivity index (χ0) is 12.4. The summed E-state index contributed by atoms with van der Waals surface area (Å²) >= 11 is 0. The predicted molar refractivity (Wildman–Crippen MR) is 66.1 cm³/mol. The highest BCUT2D eigenvalue weighted by atomic mass is 16.4. The first-order valence-electron chi connectivity index (χ1n) is 5.35. The number of carbonyl (C=O) groups is 1. The number of carboxylic acid groups (broad SMARTS) is 1. The number of nitrogens with zero attached hydrogens (tertiary/aromatic N) is 1. The number of hydrogen-bond acceptors (Lipinski definition) is 2. The van der Waals surface area contributed by atoms with Crippen molar-refractivity contribution in [1.29, 1.82) is 0 Å². The molecule has 0 radical (unpaired) electrons. The lowest BCUT2D eigenvalue weighted by atomic mass is 9.99. The average molecular weight is 227 g/mol. The van der Waals surface area contributed by atoms with E-state index < -0.39 is 5.97 Å². The largest absolute Gasteiger partial charge is 0.477 e. The third-order valence-electron chi connectivity index (χ3n) is 2.68. The van der Waals surface area contributed by atoms with Gasteiger partial charge in [0, 0.05) is 6.20 Å². The van der Waals surface area contributed by atoms with Gasteiger partial charge in [-0.25, -0.2) is 9.78 Å². The van der Waals surface area contributed by atoms with Crippen molar-refractivity contribution in [2.75, 3.05) is 0 Å². The molecular weight excluding hydrogens is 214 g/mol. The maximum atomic E-state index is 10.9. The van der Waals surface area contributed by atoms with E-state index in [1.165, 1.54) is 6.20 Å². The number of aromatic carboxylic acids is 1. The van der Waals surface area contributed by atoms with Gasteiger partial charge in [0.05, 0.1) is 0 Å². The van der Waals surface area contributed by atoms with Crippen LogP contribution in [0.15, 0.2) is 36.5 Å². The minimum Gasteiger partial charge on any atom is -0.477 e. The minimum atomic E-state index is -1.00. The second kappa shape index (κ2) is 4.37. The Labute approximate surface area is 99.8 Å². The van der Waals surface area contributed by atoms with Crippen molar-refractivity contribution >= 4 is 5.97 Å². The Bertz CT molecular complexity index is 576. The van der Waals surface area contributed by atoms with Gasteiger partial charge < -0.3 is 5.11 Å². The maximum absolute atomic E-state index is 10.9. The number of hydrogen-bond donors (Lipinski definition) is 1. The Morgan fingerprint density at radius 1 is 1.18 bits per heavy atom. The van der Waals surface area contributed by atoms with Crippen LogP contribution in [0, 0.1) is 13.8 Å². The zero-order valence-electron chi connectivity index (χ0n) is 9.77. The van der Waals surface area contributed by atoms with E-state index in [-0.39, 0.29) is 5.69 Å². The van der Waals surface area contributed by atoms with E-state index in [4.69, 9.17) is 5.11 Å². The van der Waals surface area contributed by atoms with Gasteiger partial charge in [0.2, 0.25) is 0 Å². The third-order valence-corrected chi connectivity index (χ3v) is 2.68. The summed E-state index contributed by atoms with van der Waals surface area (Å²) in [5.41, 5.74) is 4.29. The molecule has 0 unspecified atom stereocenters. The summed E-state index contributed by atoms with van der Waals surface area (Å²) in [6.07, 6.45) is 1.53. The topological polar surface area (TPSA) is 50.2 Å². The van der Waals surface area contributed by atoms with Crippen molar-refractivity contribution in [3.63, 3.8) is 0 Å². The predicted octanol–water partition coefficient (Wildman–Crippen LogP) is 3.06. The highest BCUT2D eigenvalue weighted by Crippen LogP contribution is 2.24. The standard InChI is InChI=1S/C14H13NO2/c1-9-3-4-10(2)12(7-9)11-5-6-15-13(8-11)14(16)17/h3-8H,1-2H3,(H,16,17). The number of rotatable bonds is 2. The van der Waals surface area contributed by atoms with Crippen molar-refractivity contribution < 1.29 is 9.90 Å². The van der Waals surface area contributed by atoms with E-state index >= 15 is 0 Å². The molecule has 0 atom stereocenters. The van der Waals surface area contributed by atoms with Crippen molar-refractivity contribution in [1.82, 2.24) is 4.98 Å². The van der Waals surface area contributed by atoms with Gasteiger partial charge in [-0.15, -0.1) is 0 Å². The molecule has 0 aliphatic heterocycles. The summed E-state index contributed by atoms with van der Waals surface area (Å²) in [6, 6.07) is 9.55. The summed E-state index contributed by atoms with van der Waals surface area (Å²) in [7, 11) is 0. The van der Waals surface area contributed by atoms with E-state index in [1.807, 2.05) is 32.0 Å². The Morgan fingerprint density at radius 3 is 2.65 bits per heavy atom.